The van der Waals surface area contributed by atoms with Crippen LogP contribution in [0, 0.1) is 5.92 Å². The molecular weight excluding hydrogens is 294 g/mol. The topological polar surface area (TPSA) is 84.7 Å². The van der Waals surface area contributed by atoms with Gasteiger partial charge in [0, 0.05) is 25.6 Å². The number of hydrogen-bond acceptors (Lipinski definition) is 4. The molecule has 3 N–H and O–H groups in total. The van der Waals surface area contributed by atoms with E-state index in [2.05, 4.69) is 10.2 Å². The fourth-order valence-corrected chi connectivity index (χ4v) is 3.26. The second-order valence-corrected chi connectivity index (χ2v) is 6.17. The van der Waals surface area contributed by atoms with E-state index in [1.807, 2.05) is 24.3 Å². The number of nitrogens with one attached hydrogen (secondary N) is 1. The smallest absolute Gasteiger partial charge is 0.253 e. The van der Waals surface area contributed by atoms with Crippen LogP contribution >= 0.6 is 0 Å². The fourth-order valence-electron chi connectivity index (χ4n) is 3.26. The first kappa shape index (κ1) is 15.8. The molecule has 0 aliphatic carbocycles. The number of rotatable bonds is 4. The van der Waals surface area contributed by atoms with Gasteiger partial charge in [-0.1, -0.05) is 12.1 Å². The molecular formula is C17H23N3O3. The molecule has 23 heavy (non-hydrogen) atoms. The predicted octanol–water partition coefficient (Wildman–Crippen LogP) is 1.51. The average Bonchev–Trinajstić information content (AvgIpc) is 3.10. The van der Waals surface area contributed by atoms with E-state index in [1.165, 1.54) is 0 Å². The number of para-hydroxylation sites is 2. The highest BCUT2D eigenvalue weighted by molar-refractivity contribution is 5.97. The van der Waals surface area contributed by atoms with Crippen LogP contribution in [0.25, 0.3) is 0 Å². The van der Waals surface area contributed by atoms with Crippen molar-refractivity contribution in [3.05, 3.63) is 24.3 Å². The summed E-state index contributed by atoms with van der Waals surface area (Å²) in [4.78, 5) is 25.8. The maximum Gasteiger partial charge on any atom is 0.253 e. The molecule has 2 aliphatic rings. The van der Waals surface area contributed by atoms with Crippen LogP contribution in [0.4, 0.5) is 11.4 Å². The molecule has 2 amide bonds. The Morgan fingerprint density at radius 1 is 1.17 bits per heavy atom. The van der Waals surface area contributed by atoms with E-state index in [9.17, 15) is 9.59 Å². The van der Waals surface area contributed by atoms with Gasteiger partial charge in [0.1, 0.15) is 6.10 Å². The van der Waals surface area contributed by atoms with Gasteiger partial charge in [-0.2, -0.15) is 0 Å². The standard InChI is InChI=1S/C17H23N3O3/c18-16(21)12-7-9-20(10-8-12)14-5-2-1-4-13(14)19-17(22)15-6-3-11-23-15/h1-2,4-5,12,15H,3,6-11H2,(H2,18,21)(H,19,22)/t15-/m0/s1. The number of nitrogens with zero attached hydrogens (tertiary/aromatic N) is 1. The zero-order chi connectivity index (χ0) is 16.2. The average molecular weight is 317 g/mol. The van der Waals surface area contributed by atoms with Crippen LogP contribution < -0.4 is 16.0 Å². The van der Waals surface area contributed by atoms with Gasteiger partial charge < -0.3 is 20.7 Å². The minimum Gasteiger partial charge on any atom is -0.370 e. The Bertz CT molecular complexity index is 576. The van der Waals surface area contributed by atoms with Crippen LogP contribution in [-0.2, 0) is 14.3 Å². The number of hydrogen-bond donors (Lipinski definition) is 2. The molecule has 0 bridgehead atoms. The molecule has 1 atom stereocenters. The summed E-state index contributed by atoms with van der Waals surface area (Å²) in [6.45, 7) is 2.18. The Labute approximate surface area is 136 Å². The third-order valence-corrected chi connectivity index (χ3v) is 4.62. The van der Waals surface area contributed by atoms with E-state index in [0.29, 0.717) is 6.61 Å². The summed E-state index contributed by atoms with van der Waals surface area (Å²) >= 11 is 0. The number of piperidine rings is 1. The summed E-state index contributed by atoms with van der Waals surface area (Å²) < 4.78 is 5.44. The Morgan fingerprint density at radius 3 is 2.57 bits per heavy atom. The molecule has 1 aromatic rings. The van der Waals surface area contributed by atoms with Gasteiger partial charge in [0.15, 0.2) is 0 Å². The number of primary amides is 1. The molecule has 0 spiro atoms. The van der Waals surface area contributed by atoms with E-state index in [1.54, 1.807) is 0 Å². The molecule has 2 fully saturated rings. The van der Waals surface area contributed by atoms with E-state index in [-0.39, 0.29) is 23.8 Å². The van der Waals surface area contributed by atoms with Gasteiger partial charge in [-0.25, -0.2) is 0 Å². The van der Waals surface area contributed by atoms with Gasteiger partial charge in [0.25, 0.3) is 5.91 Å². The van der Waals surface area contributed by atoms with Gasteiger partial charge in [0.2, 0.25) is 5.91 Å². The summed E-state index contributed by atoms with van der Waals surface area (Å²) in [6, 6.07) is 7.76. The minimum atomic E-state index is -0.344. The first-order valence-electron chi connectivity index (χ1n) is 8.21. The second kappa shape index (κ2) is 7.00. The van der Waals surface area contributed by atoms with Gasteiger partial charge in [-0.3, -0.25) is 9.59 Å². The first-order valence-corrected chi connectivity index (χ1v) is 8.21. The molecule has 2 heterocycles. The highest BCUT2D eigenvalue weighted by atomic mass is 16.5. The van der Waals surface area contributed by atoms with Gasteiger partial charge in [-0.05, 0) is 37.8 Å². The summed E-state index contributed by atoms with van der Waals surface area (Å²) in [7, 11) is 0. The molecule has 1 aromatic carbocycles. The second-order valence-electron chi connectivity index (χ2n) is 6.17. The molecule has 124 valence electrons. The summed E-state index contributed by atoms with van der Waals surface area (Å²) in [5.74, 6) is -0.341. The zero-order valence-electron chi connectivity index (χ0n) is 13.2. The maximum atomic E-state index is 12.3. The summed E-state index contributed by atoms with van der Waals surface area (Å²) in [5, 5.41) is 2.99. The van der Waals surface area contributed by atoms with Crippen molar-refractivity contribution in [2.24, 2.45) is 11.7 Å². The maximum absolute atomic E-state index is 12.3. The van der Waals surface area contributed by atoms with E-state index >= 15 is 0 Å². The van der Waals surface area contributed by atoms with Crippen molar-refractivity contribution < 1.29 is 14.3 Å². The number of anilines is 2. The number of ether oxygens (including phenoxy) is 1. The Kier molecular flexibility index (Phi) is 4.81. The van der Waals surface area contributed by atoms with Crippen molar-refractivity contribution in [3.8, 4) is 0 Å². The summed E-state index contributed by atoms with van der Waals surface area (Å²) in [5.41, 5.74) is 7.17. The Morgan fingerprint density at radius 2 is 1.91 bits per heavy atom. The molecule has 6 nitrogen and oxygen atoms in total. The number of benzene rings is 1. The molecule has 0 aromatic heterocycles. The van der Waals surface area contributed by atoms with Crippen LogP contribution in [0.5, 0.6) is 0 Å². The third kappa shape index (κ3) is 3.64. The monoisotopic (exact) mass is 317 g/mol. The highest BCUT2D eigenvalue weighted by Gasteiger charge is 2.27. The van der Waals surface area contributed by atoms with E-state index in [4.69, 9.17) is 10.5 Å². The zero-order valence-corrected chi connectivity index (χ0v) is 13.2. The van der Waals surface area contributed by atoms with Crippen molar-refractivity contribution >= 4 is 23.2 Å². The quantitative estimate of drug-likeness (QED) is 0.881. The number of amides is 2. The number of carbonyl (C=O) groups is 2. The van der Waals surface area contributed by atoms with E-state index < -0.39 is 0 Å². The van der Waals surface area contributed by atoms with Crippen LogP contribution in [0.15, 0.2) is 24.3 Å². The minimum absolute atomic E-state index is 0.0418. The first-order chi connectivity index (χ1) is 11.1. The number of carbonyl (C=O) groups excluding carboxylic acids is 2. The van der Waals surface area contributed by atoms with Crippen molar-refractivity contribution in [2.75, 3.05) is 29.9 Å². The van der Waals surface area contributed by atoms with Crippen LogP contribution in [0.3, 0.4) is 0 Å². The van der Waals surface area contributed by atoms with Crippen molar-refractivity contribution in [3.63, 3.8) is 0 Å². The predicted molar refractivity (Wildman–Crippen MR) is 88.2 cm³/mol. The molecule has 0 unspecified atom stereocenters. The number of nitrogens with two attached hydrogens (primary N) is 1. The lowest BCUT2D eigenvalue weighted by Gasteiger charge is -2.33. The normalized spacial score (nSPS) is 22.1. The lowest BCUT2D eigenvalue weighted by molar-refractivity contribution is -0.124. The largest absolute Gasteiger partial charge is 0.370 e. The highest BCUT2D eigenvalue weighted by Crippen LogP contribution is 2.30. The molecule has 2 saturated heterocycles. The Balaban J connectivity index is 1.68. The van der Waals surface area contributed by atoms with Crippen LogP contribution in [0.1, 0.15) is 25.7 Å². The molecule has 0 saturated carbocycles. The summed E-state index contributed by atoms with van der Waals surface area (Å²) in [6.07, 6.45) is 2.87. The van der Waals surface area contributed by atoms with Crippen molar-refractivity contribution in [1.82, 2.24) is 0 Å². The van der Waals surface area contributed by atoms with Gasteiger partial charge in [-0.15, -0.1) is 0 Å². The molecule has 3 rings (SSSR count). The van der Waals surface area contributed by atoms with Crippen molar-refractivity contribution in [2.45, 2.75) is 31.8 Å². The lowest BCUT2D eigenvalue weighted by atomic mass is 9.96. The fraction of sp³-hybridized carbons (Fsp3) is 0.529. The molecule has 6 heteroatoms. The molecule has 0 radical (unpaired) electrons. The lowest BCUT2D eigenvalue weighted by Crippen LogP contribution is -2.39. The Hall–Kier alpha value is -2.08. The van der Waals surface area contributed by atoms with Gasteiger partial charge in [0.05, 0.1) is 11.4 Å². The molecule has 2 aliphatic heterocycles. The van der Waals surface area contributed by atoms with E-state index in [0.717, 1.165) is 50.1 Å². The van der Waals surface area contributed by atoms with Crippen LogP contribution in [-0.4, -0.2) is 37.6 Å². The third-order valence-electron chi connectivity index (χ3n) is 4.62. The SMILES string of the molecule is NC(=O)C1CCN(c2ccccc2NC(=O)[C@@H]2CCCO2)CC1. The van der Waals surface area contributed by atoms with Crippen LogP contribution in [0.2, 0.25) is 0 Å². The van der Waals surface area contributed by atoms with Crippen molar-refractivity contribution in [1.29, 1.82) is 0 Å². The van der Waals surface area contributed by atoms with Gasteiger partial charge >= 0.3 is 0 Å².